The first-order valence-electron chi connectivity index (χ1n) is 7.02. The number of thiazole rings is 1. The Hall–Kier alpha value is -1.70. The molecule has 0 aliphatic carbocycles. The molecule has 1 aromatic heterocycles. The fraction of sp³-hybridized carbons (Fsp3) is 0.188. The van der Waals surface area contributed by atoms with Gasteiger partial charge in [0.25, 0.3) is 0 Å². The molecule has 3 rings (SSSR count). The zero-order valence-electron chi connectivity index (χ0n) is 12.6. The van der Waals surface area contributed by atoms with Crippen LogP contribution in [0, 0.1) is 0 Å². The summed E-state index contributed by atoms with van der Waals surface area (Å²) in [6, 6.07) is 6.78. The van der Waals surface area contributed by atoms with Gasteiger partial charge in [0.15, 0.2) is 10.8 Å². The third-order valence-electron chi connectivity index (χ3n) is 3.50. The number of alkyl halides is 1. The number of carbonyl (C=O) groups excluding carboxylic acids is 1. The van der Waals surface area contributed by atoms with Gasteiger partial charge < -0.3 is 10.1 Å². The number of methoxy groups -OCH3 is 1. The van der Waals surface area contributed by atoms with E-state index >= 15 is 0 Å². The van der Waals surface area contributed by atoms with Gasteiger partial charge >= 0.3 is 5.97 Å². The summed E-state index contributed by atoms with van der Waals surface area (Å²) in [7, 11) is 1.35. The summed E-state index contributed by atoms with van der Waals surface area (Å²) in [6.07, 6.45) is 1.71. The Bertz CT molecular complexity index is 820. The number of carbonyl (C=O) groups is 1. The van der Waals surface area contributed by atoms with E-state index in [0.29, 0.717) is 27.5 Å². The lowest BCUT2D eigenvalue weighted by Gasteiger charge is -2.26. The van der Waals surface area contributed by atoms with E-state index in [4.69, 9.17) is 21.3 Å². The van der Waals surface area contributed by atoms with Gasteiger partial charge in [-0.2, -0.15) is 0 Å². The lowest BCUT2D eigenvalue weighted by Crippen LogP contribution is -2.34. The summed E-state index contributed by atoms with van der Waals surface area (Å²) in [4.78, 5) is 21.3. The molecule has 2 heterocycles. The summed E-state index contributed by atoms with van der Waals surface area (Å²) in [5.41, 5.74) is 1.86. The maximum atomic E-state index is 12.4. The van der Waals surface area contributed by atoms with Crippen LogP contribution in [-0.2, 0) is 9.53 Å². The van der Waals surface area contributed by atoms with Crippen molar-refractivity contribution >= 4 is 50.7 Å². The average molecular weight is 427 g/mol. The molecule has 0 bridgehead atoms. The molecule has 1 aliphatic rings. The van der Waals surface area contributed by atoms with Gasteiger partial charge in [0.1, 0.15) is 6.04 Å². The fourth-order valence-corrected chi connectivity index (χ4v) is 3.69. The third kappa shape index (κ3) is 3.24. The molecule has 24 heavy (non-hydrogen) atoms. The first-order valence-corrected chi connectivity index (χ1v) is 9.40. The number of allylic oxidation sites excluding steroid dienone is 1. The molecule has 124 valence electrons. The van der Waals surface area contributed by atoms with Crippen LogP contribution in [0.5, 0.6) is 0 Å². The Morgan fingerprint density at radius 3 is 2.88 bits per heavy atom. The summed E-state index contributed by atoms with van der Waals surface area (Å²) < 4.78 is 4.96. The minimum atomic E-state index is -0.557. The van der Waals surface area contributed by atoms with Gasteiger partial charge in [-0.1, -0.05) is 45.7 Å². The van der Waals surface area contributed by atoms with Gasteiger partial charge in [-0.05, 0) is 6.07 Å². The number of hydrogen-bond donors (Lipinski definition) is 1. The monoisotopic (exact) mass is 425 g/mol. The van der Waals surface area contributed by atoms with Crippen LogP contribution in [0.25, 0.3) is 0 Å². The lowest BCUT2D eigenvalue weighted by atomic mass is 9.96. The van der Waals surface area contributed by atoms with Crippen molar-refractivity contribution in [2.45, 2.75) is 6.04 Å². The number of aliphatic imine (C=N–C) groups is 1. The third-order valence-corrected chi connectivity index (χ3v) is 5.18. The minimum Gasteiger partial charge on any atom is -0.466 e. The van der Waals surface area contributed by atoms with Crippen molar-refractivity contribution in [3.05, 3.63) is 62.7 Å². The molecule has 0 saturated heterocycles. The number of rotatable bonds is 4. The van der Waals surface area contributed by atoms with Crippen molar-refractivity contribution in [3.8, 4) is 0 Å². The van der Waals surface area contributed by atoms with E-state index in [1.165, 1.54) is 18.4 Å². The number of amidine groups is 1. The molecule has 5 nitrogen and oxygen atoms in total. The van der Waals surface area contributed by atoms with E-state index in [1.807, 2.05) is 23.6 Å². The molecule has 1 aromatic carbocycles. The maximum absolute atomic E-state index is 12.4. The largest absolute Gasteiger partial charge is 0.466 e. The van der Waals surface area contributed by atoms with Crippen LogP contribution >= 0.6 is 38.9 Å². The zero-order valence-corrected chi connectivity index (χ0v) is 15.8. The van der Waals surface area contributed by atoms with Gasteiger partial charge in [0, 0.05) is 33.2 Å². The molecule has 0 spiro atoms. The van der Waals surface area contributed by atoms with Crippen molar-refractivity contribution in [1.82, 2.24) is 10.3 Å². The SMILES string of the molecule is COC(=O)C1=C(CBr)NC(c2nccs2)=N[C@H]1c1ccccc1Cl. The van der Waals surface area contributed by atoms with E-state index < -0.39 is 12.0 Å². The Morgan fingerprint density at radius 1 is 1.46 bits per heavy atom. The number of aromatic nitrogens is 1. The van der Waals surface area contributed by atoms with E-state index in [0.717, 1.165) is 10.6 Å². The van der Waals surface area contributed by atoms with Gasteiger partial charge in [-0.15, -0.1) is 11.3 Å². The number of esters is 1. The van der Waals surface area contributed by atoms with Crippen molar-refractivity contribution in [2.24, 2.45) is 4.99 Å². The Balaban J connectivity index is 2.16. The van der Waals surface area contributed by atoms with Gasteiger partial charge in [-0.25, -0.2) is 9.78 Å². The minimum absolute atomic E-state index is 0.433. The number of halogens is 2. The molecular weight excluding hydrogens is 414 g/mol. The van der Waals surface area contributed by atoms with Gasteiger partial charge in [0.2, 0.25) is 0 Å². The summed E-state index contributed by atoms with van der Waals surface area (Å²) >= 11 is 11.2. The van der Waals surface area contributed by atoms with E-state index in [1.54, 1.807) is 12.3 Å². The second-order valence-electron chi connectivity index (χ2n) is 4.88. The van der Waals surface area contributed by atoms with Crippen LogP contribution in [0.3, 0.4) is 0 Å². The Labute approximate surface area is 156 Å². The van der Waals surface area contributed by atoms with Crippen LogP contribution < -0.4 is 5.32 Å². The van der Waals surface area contributed by atoms with Crippen LogP contribution in [-0.4, -0.2) is 29.2 Å². The first-order chi connectivity index (χ1) is 11.7. The summed E-state index contributed by atoms with van der Waals surface area (Å²) in [5.74, 6) is 0.167. The van der Waals surface area contributed by atoms with Crippen molar-refractivity contribution in [1.29, 1.82) is 0 Å². The summed E-state index contributed by atoms with van der Waals surface area (Å²) in [6.45, 7) is 0. The topological polar surface area (TPSA) is 63.6 Å². The normalized spacial score (nSPS) is 17.3. The molecule has 0 amide bonds. The quantitative estimate of drug-likeness (QED) is 0.598. The molecule has 0 radical (unpaired) electrons. The van der Waals surface area contributed by atoms with Gasteiger partial charge in [0.05, 0.1) is 12.7 Å². The van der Waals surface area contributed by atoms with Crippen LogP contribution in [0.4, 0.5) is 0 Å². The highest BCUT2D eigenvalue weighted by Gasteiger charge is 2.33. The average Bonchev–Trinajstić information content (AvgIpc) is 3.15. The highest BCUT2D eigenvalue weighted by molar-refractivity contribution is 9.09. The predicted molar refractivity (Wildman–Crippen MR) is 98.8 cm³/mol. The molecule has 0 saturated carbocycles. The van der Waals surface area contributed by atoms with Crippen LogP contribution in [0.1, 0.15) is 16.6 Å². The molecule has 0 fully saturated rings. The van der Waals surface area contributed by atoms with Crippen molar-refractivity contribution < 1.29 is 9.53 Å². The zero-order chi connectivity index (χ0) is 17.1. The second-order valence-corrected chi connectivity index (χ2v) is 6.74. The van der Waals surface area contributed by atoms with Gasteiger partial charge in [-0.3, -0.25) is 4.99 Å². The number of nitrogens with zero attached hydrogens (tertiary/aromatic N) is 2. The fourth-order valence-electron chi connectivity index (χ4n) is 2.42. The Morgan fingerprint density at radius 2 is 2.25 bits per heavy atom. The number of hydrogen-bond acceptors (Lipinski definition) is 6. The van der Waals surface area contributed by atoms with Crippen LogP contribution in [0.15, 0.2) is 52.1 Å². The summed E-state index contributed by atoms with van der Waals surface area (Å²) in [5, 5.41) is 6.78. The Kier molecular flexibility index (Phi) is 5.33. The van der Waals surface area contributed by atoms with E-state index in [-0.39, 0.29) is 0 Å². The first kappa shape index (κ1) is 17.1. The molecular formula is C16H13BrClN3O2S. The van der Waals surface area contributed by atoms with Crippen molar-refractivity contribution in [3.63, 3.8) is 0 Å². The van der Waals surface area contributed by atoms with Crippen LogP contribution in [0.2, 0.25) is 5.02 Å². The number of ether oxygens (including phenoxy) is 1. The maximum Gasteiger partial charge on any atom is 0.338 e. The molecule has 0 unspecified atom stereocenters. The lowest BCUT2D eigenvalue weighted by molar-refractivity contribution is -0.136. The highest BCUT2D eigenvalue weighted by atomic mass is 79.9. The highest BCUT2D eigenvalue weighted by Crippen LogP contribution is 2.36. The van der Waals surface area contributed by atoms with E-state index in [2.05, 4.69) is 26.2 Å². The molecule has 1 atom stereocenters. The molecule has 2 aromatic rings. The molecule has 8 heteroatoms. The smallest absolute Gasteiger partial charge is 0.338 e. The molecule has 1 N–H and O–H groups in total. The van der Waals surface area contributed by atoms with E-state index in [9.17, 15) is 4.79 Å². The second kappa shape index (κ2) is 7.46. The number of nitrogens with one attached hydrogen (secondary N) is 1. The predicted octanol–water partition coefficient (Wildman–Crippen LogP) is 3.71. The van der Waals surface area contributed by atoms with Crippen molar-refractivity contribution in [2.75, 3.05) is 12.4 Å². The standard InChI is InChI=1S/C16H13BrClN3O2S/c1-23-16(22)12-11(8-17)20-14(15-19-6-7-24-15)21-13(12)9-4-2-3-5-10(9)18/h2-7,13H,8H2,1H3,(H,20,21)/t13-/m0/s1. The molecule has 1 aliphatic heterocycles. The number of benzene rings is 1.